The first kappa shape index (κ1) is 17.3. The van der Waals surface area contributed by atoms with Crippen molar-refractivity contribution < 1.29 is 0 Å². The molecule has 0 amide bonds. The van der Waals surface area contributed by atoms with Gasteiger partial charge in [0, 0.05) is 5.69 Å². The molecule has 0 saturated carbocycles. The number of hydrogen-bond acceptors (Lipinski definition) is 1. The van der Waals surface area contributed by atoms with E-state index in [9.17, 15) is 0 Å². The molecule has 0 bridgehead atoms. The third-order valence-corrected chi connectivity index (χ3v) is 6.83. The zero-order valence-electron chi connectivity index (χ0n) is 16.9. The van der Waals surface area contributed by atoms with Crippen LogP contribution in [-0.4, -0.2) is 0 Å². The van der Waals surface area contributed by atoms with Gasteiger partial charge in [-0.25, -0.2) is 0 Å². The number of hydrogen-bond donors (Lipinski definition) is 1. The molecule has 4 aromatic carbocycles. The summed E-state index contributed by atoms with van der Waals surface area (Å²) < 4.78 is 0. The minimum absolute atomic E-state index is 0.384. The van der Waals surface area contributed by atoms with Gasteiger partial charge in [-0.1, -0.05) is 78.9 Å². The van der Waals surface area contributed by atoms with Crippen LogP contribution in [0.15, 0.2) is 97.1 Å². The highest BCUT2D eigenvalue weighted by Gasteiger charge is 2.47. The van der Waals surface area contributed by atoms with E-state index in [2.05, 4.69) is 91.5 Å². The molecule has 1 atom stereocenters. The van der Waals surface area contributed by atoms with Crippen molar-refractivity contribution in [2.45, 2.75) is 18.3 Å². The molecule has 1 spiro atoms. The van der Waals surface area contributed by atoms with E-state index < -0.39 is 0 Å². The monoisotopic (exact) mass is 385 g/mol. The predicted octanol–water partition coefficient (Wildman–Crippen LogP) is 7.10. The van der Waals surface area contributed by atoms with Gasteiger partial charge in [0.15, 0.2) is 0 Å². The number of rotatable bonds is 0. The van der Waals surface area contributed by atoms with Crippen molar-refractivity contribution in [2.24, 2.45) is 0 Å². The molecule has 4 aromatic rings. The Morgan fingerprint density at radius 3 is 2.33 bits per heavy atom. The van der Waals surface area contributed by atoms with Gasteiger partial charge < -0.3 is 5.73 Å². The van der Waals surface area contributed by atoms with Crippen molar-refractivity contribution in [3.8, 4) is 11.1 Å². The summed E-state index contributed by atoms with van der Waals surface area (Å²) in [5, 5.41) is 2.53. The number of benzene rings is 4. The summed E-state index contributed by atoms with van der Waals surface area (Å²) >= 11 is 0. The SMILES string of the molecule is C=C1CC/C=C\c2ccccc2C12c1cc(N)ccc1-c1cc3ccccc3cc12. The van der Waals surface area contributed by atoms with E-state index in [-0.39, 0.29) is 5.41 Å². The van der Waals surface area contributed by atoms with E-state index in [0.717, 1.165) is 18.5 Å². The Balaban J connectivity index is 1.83. The molecule has 0 fully saturated rings. The topological polar surface area (TPSA) is 26.0 Å². The number of anilines is 1. The highest BCUT2D eigenvalue weighted by atomic mass is 14.6. The molecule has 1 nitrogen and oxygen atoms in total. The minimum atomic E-state index is -0.384. The number of allylic oxidation sites excluding steroid dienone is 2. The summed E-state index contributed by atoms with van der Waals surface area (Å²) in [6.07, 6.45) is 6.49. The molecule has 144 valence electrons. The fraction of sp³-hybridized carbons (Fsp3) is 0.103. The molecule has 0 aliphatic heterocycles. The van der Waals surface area contributed by atoms with Gasteiger partial charge in [-0.2, -0.15) is 0 Å². The highest BCUT2D eigenvalue weighted by molar-refractivity contribution is 5.96. The largest absolute Gasteiger partial charge is 0.399 e. The normalized spacial score (nSPS) is 20.3. The summed E-state index contributed by atoms with van der Waals surface area (Å²) in [4.78, 5) is 0. The molecule has 30 heavy (non-hydrogen) atoms. The molecule has 0 saturated heterocycles. The lowest BCUT2D eigenvalue weighted by Crippen LogP contribution is -2.30. The van der Waals surface area contributed by atoms with Gasteiger partial charge in [0.05, 0.1) is 5.41 Å². The van der Waals surface area contributed by atoms with Crippen LogP contribution in [0.5, 0.6) is 0 Å². The first-order valence-corrected chi connectivity index (χ1v) is 10.6. The van der Waals surface area contributed by atoms with Gasteiger partial charge in [0.2, 0.25) is 0 Å². The number of nitrogen functional groups attached to an aromatic ring is 1. The van der Waals surface area contributed by atoms with Crippen molar-refractivity contribution >= 4 is 22.5 Å². The second-order valence-electron chi connectivity index (χ2n) is 8.43. The third kappa shape index (κ3) is 2.18. The van der Waals surface area contributed by atoms with Crippen LogP contribution < -0.4 is 5.73 Å². The van der Waals surface area contributed by atoms with E-state index in [1.165, 1.54) is 49.7 Å². The Morgan fingerprint density at radius 2 is 1.47 bits per heavy atom. The molecule has 2 aliphatic rings. The van der Waals surface area contributed by atoms with Crippen molar-refractivity contribution in [3.63, 3.8) is 0 Å². The van der Waals surface area contributed by atoms with Gasteiger partial charge in [-0.15, -0.1) is 0 Å². The van der Waals surface area contributed by atoms with Crippen LogP contribution in [0.25, 0.3) is 28.0 Å². The predicted molar refractivity (Wildman–Crippen MR) is 128 cm³/mol. The smallest absolute Gasteiger partial charge is 0.0677 e. The lowest BCUT2D eigenvalue weighted by molar-refractivity contribution is 0.698. The molecule has 2 N–H and O–H groups in total. The molecular weight excluding hydrogens is 362 g/mol. The lowest BCUT2D eigenvalue weighted by atomic mass is 9.64. The number of nitrogens with two attached hydrogens (primary N) is 1. The van der Waals surface area contributed by atoms with Crippen LogP contribution in [0.4, 0.5) is 5.69 Å². The van der Waals surface area contributed by atoms with Crippen molar-refractivity contribution in [1.82, 2.24) is 0 Å². The van der Waals surface area contributed by atoms with E-state index in [1.807, 2.05) is 6.07 Å². The molecule has 2 aliphatic carbocycles. The van der Waals surface area contributed by atoms with Crippen LogP contribution >= 0.6 is 0 Å². The highest BCUT2D eigenvalue weighted by Crippen LogP contribution is 2.58. The van der Waals surface area contributed by atoms with Gasteiger partial charge in [0.25, 0.3) is 0 Å². The fourth-order valence-electron chi connectivity index (χ4n) is 5.53. The Labute approximate surface area is 177 Å². The van der Waals surface area contributed by atoms with Crippen LogP contribution in [-0.2, 0) is 5.41 Å². The van der Waals surface area contributed by atoms with Crippen LogP contribution in [0.2, 0.25) is 0 Å². The van der Waals surface area contributed by atoms with Crippen molar-refractivity contribution in [2.75, 3.05) is 5.73 Å². The third-order valence-electron chi connectivity index (χ3n) is 6.83. The van der Waals surface area contributed by atoms with Crippen molar-refractivity contribution in [1.29, 1.82) is 0 Å². The maximum atomic E-state index is 6.35. The van der Waals surface area contributed by atoms with Gasteiger partial charge in [-0.3, -0.25) is 0 Å². The van der Waals surface area contributed by atoms with E-state index in [0.29, 0.717) is 0 Å². The number of fused-ring (bicyclic) bond motifs is 8. The van der Waals surface area contributed by atoms with E-state index in [4.69, 9.17) is 5.73 Å². The van der Waals surface area contributed by atoms with Crippen LogP contribution in [0, 0.1) is 0 Å². The average molecular weight is 386 g/mol. The zero-order chi connectivity index (χ0) is 20.3. The first-order chi connectivity index (χ1) is 14.7. The lowest BCUT2D eigenvalue weighted by Gasteiger charge is -2.37. The Morgan fingerprint density at radius 1 is 0.733 bits per heavy atom. The summed E-state index contributed by atoms with van der Waals surface area (Å²) in [5.74, 6) is 0. The zero-order valence-corrected chi connectivity index (χ0v) is 16.9. The first-order valence-electron chi connectivity index (χ1n) is 10.6. The van der Waals surface area contributed by atoms with Crippen LogP contribution in [0.1, 0.15) is 35.1 Å². The van der Waals surface area contributed by atoms with Gasteiger partial charge in [-0.05, 0) is 81.3 Å². The molecule has 0 heterocycles. The van der Waals surface area contributed by atoms with Gasteiger partial charge >= 0.3 is 0 Å². The molecule has 0 aromatic heterocycles. The summed E-state index contributed by atoms with van der Waals surface area (Å²) in [5.41, 5.74) is 15.7. The maximum absolute atomic E-state index is 6.35. The molecule has 1 unspecified atom stereocenters. The molecule has 1 heteroatoms. The van der Waals surface area contributed by atoms with E-state index >= 15 is 0 Å². The van der Waals surface area contributed by atoms with Crippen LogP contribution in [0.3, 0.4) is 0 Å². The van der Waals surface area contributed by atoms with Crippen molar-refractivity contribution in [3.05, 3.63) is 119 Å². The second kappa shape index (κ2) is 6.21. The summed E-state index contributed by atoms with van der Waals surface area (Å²) in [6.45, 7) is 4.68. The minimum Gasteiger partial charge on any atom is -0.399 e. The second-order valence-corrected chi connectivity index (χ2v) is 8.43. The molecule has 6 rings (SSSR count). The molecular formula is C29H23N. The fourth-order valence-corrected chi connectivity index (χ4v) is 5.53. The summed E-state index contributed by atoms with van der Waals surface area (Å²) in [7, 11) is 0. The summed E-state index contributed by atoms with van der Waals surface area (Å²) in [6, 6.07) is 28.5. The standard InChI is InChI=1S/C29H23N/c1-19-8-2-3-9-20-10-6-7-13-26(20)29(19)27-17-22-12-5-4-11-21(22)16-25(27)24-15-14-23(30)18-28(24)29/h3-7,9-18H,1-2,8,30H2/b9-3-. The Bertz CT molecular complexity index is 1370. The maximum Gasteiger partial charge on any atom is 0.0677 e. The Kier molecular flexibility index (Phi) is 3.58. The Hall–Kier alpha value is -3.58. The molecule has 0 radical (unpaired) electrons. The van der Waals surface area contributed by atoms with E-state index in [1.54, 1.807) is 0 Å². The van der Waals surface area contributed by atoms with Gasteiger partial charge in [0.1, 0.15) is 0 Å². The average Bonchev–Trinajstić information content (AvgIpc) is 3.04. The quantitative estimate of drug-likeness (QED) is 0.253.